The number of amides is 1. The van der Waals surface area contributed by atoms with E-state index in [9.17, 15) is 4.79 Å². The molecule has 146 valence electrons. The highest BCUT2D eigenvalue weighted by Crippen LogP contribution is 2.47. The minimum atomic E-state index is 0.174. The van der Waals surface area contributed by atoms with Gasteiger partial charge in [0, 0.05) is 15.5 Å². The normalized spacial score (nSPS) is 16.3. The van der Waals surface area contributed by atoms with Crippen LogP contribution < -0.4 is 14.7 Å². The first-order valence-electron chi connectivity index (χ1n) is 10.1. The minimum Gasteiger partial charge on any atom is -0.360 e. The molecule has 0 radical (unpaired) electrons. The molecule has 4 nitrogen and oxygen atoms in total. The van der Waals surface area contributed by atoms with Crippen LogP contribution in [0.25, 0.3) is 0 Å². The van der Waals surface area contributed by atoms with Crippen molar-refractivity contribution >= 4 is 34.7 Å². The van der Waals surface area contributed by atoms with Crippen molar-refractivity contribution in [3.8, 4) is 0 Å². The summed E-state index contributed by atoms with van der Waals surface area (Å²) in [5, 5.41) is 0. The van der Waals surface area contributed by atoms with Crippen molar-refractivity contribution in [1.82, 2.24) is 0 Å². The summed E-state index contributed by atoms with van der Waals surface area (Å²) in [5.74, 6) is 0.174. The first-order valence-corrected chi connectivity index (χ1v) is 10.9. The summed E-state index contributed by atoms with van der Waals surface area (Å²) >= 11 is 1.74. The summed E-state index contributed by atoms with van der Waals surface area (Å²) in [4.78, 5) is 21.4. The maximum Gasteiger partial charge on any atom is 0.286 e. The molecule has 1 fully saturated rings. The number of carbonyl (C=O) groups is 1. The molecular formula is C24H24N3OS+. The van der Waals surface area contributed by atoms with Crippen LogP contribution in [0.15, 0.2) is 88.7 Å². The van der Waals surface area contributed by atoms with Crippen LogP contribution in [0.2, 0.25) is 0 Å². The maximum atomic E-state index is 13.4. The highest BCUT2D eigenvalue weighted by atomic mass is 32.2. The standard InChI is InChI=1S/C24H23N3OS/c28-24(18-25-14-16-26(17-15-25)19-8-2-1-3-9-19)27-20-10-4-6-12-22(20)29-23-13-7-5-11-21(23)27/h1-13H,14-18H2/p+1. The number of rotatable bonds is 3. The van der Waals surface area contributed by atoms with Crippen molar-refractivity contribution in [2.45, 2.75) is 9.79 Å². The molecule has 0 spiro atoms. The minimum absolute atomic E-state index is 0.174. The molecule has 29 heavy (non-hydrogen) atoms. The molecule has 2 heterocycles. The molecule has 0 saturated carbocycles. The van der Waals surface area contributed by atoms with Crippen molar-refractivity contribution in [2.24, 2.45) is 0 Å². The van der Waals surface area contributed by atoms with Gasteiger partial charge in [0.25, 0.3) is 5.91 Å². The fourth-order valence-electron chi connectivity index (χ4n) is 4.16. The van der Waals surface area contributed by atoms with E-state index in [1.54, 1.807) is 11.8 Å². The van der Waals surface area contributed by atoms with E-state index in [1.807, 2.05) is 29.2 Å². The van der Waals surface area contributed by atoms with Crippen LogP contribution in [0.5, 0.6) is 0 Å². The van der Waals surface area contributed by atoms with Crippen molar-refractivity contribution in [2.75, 3.05) is 42.5 Å². The highest BCUT2D eigenvalue weighted by Gasteiger charge is 2.31. The SMILES string of the molecule is O=C(C[NH+]1CCN(c2ccccc2)CC1)N1c2ccccc2Sc2ccccc21. The Hall–Kier alpha value is -2.76. The lowest BCUT2D eigenvalue weighted by Gasteiger charge is -2.35. The van der Waals surface area contributed by atoms with Crippen LogP contribution >= 0.6 is 11.8 Å². The van der Waals surface area contributed by atoms with Crippen molar-refractivity contribution in [1.29, 1.82) is 0 Å². The lowest BCUT2D eigenvalue weighted by atomic mass is 10.2. The third-order valence-corrected chi connectivity index (χ3v) is 6.81. The number of piperazine rings is 1. The van der Waals surface area contributed by atoms with E-state index in [4.69, 9.17) is 0 Å². The summed E-state index contributed by atoms with van der Waals surface area (Å²) in [7, 11) is 0. The van der Waals surface area contributed by atoms with Gasteiger partial charge in [-0.2, -0.15) is 0 Å². The molecule has 3 aromatic rings. The van der Waals surface area contributed by atoms with Gasteiger partial charge in [0.05, 0.1) is 37.6 Å². The zero-order chi connectivity index (χ0) is 19.6. The molecule has 2 aliphatic heterocycles. The third-order valence-electron chi connectivity index (χ3n) is 5.67. The van der Waals surface area contributed by atoms with Gasteiger partial charge in [0.2, 0.25) is 0 Å². The fourth-order valence-corrected chi connectivity index (χ4v) is 5.22. The Morgan fingerprint density at radius 1 is 0.793 bits per heavy atom. The number of quaternary nitrogens is 1. The van der Waals surface area contributed by atoms with E-state index in [-0.39, 0.29) is 5.91 Å². The van der Waals surface area contributed by atoms with Gasteiger partial charge in [-0.3, -0.25) is 9.69 Å². The average molecular weight is 403 g/mol. The summed E-state index contributed by atoms with van der Waals surface area (Å²) in [5.41, 5.74) is 3.28. The maximum absolute atomic E-state index is 13.4. The van der Waals surface area contributed by atoms with Crippen molar-refractivity contribution < 1.29 is 9.69 Å². The van der Waals surface area contributed by atoms with Gasteiger partial charge >= 0.3 is 0 Å². The van der Waals surface area contributed by atoms with Gasteiger partial charge < -0.3 is 9.80 Å². The van der Waals surface area contributed by atoms with Crippen LogP contribution in [0, 0.1) is 0 Å². The Morgan fingerprint density at radius 2 is 1.34 bits per heavy atom. The fraction of sp³-hybridized carbons (Fsp3) is 0.208. The predicted molar refractivity (Wildman–Crippen MR) is 118 cm³/mol. The van der Waals surface area contributed by atoms with Crippen molar-refractivity contribution in [3.05, 3.63) is 78.9 Å². The number of hydrogen-bond donors (Lipinski definition) is 1. The molecule has 1 saturated heterocycles. The Kier molecular flexibility index (Phi) is 5.00. The molecule has 0 unspecified atom stereocenters. The number of para-hydroxylation sites is 3. The molecule has 0 bridgehead atoms. The Bertz CT molecular complexity index is 970. The van der Waals surface area contributed by atoms with Crippen LogP contribution in [-0.2, 0) is 4.79 Å². The Morgan fingerprint density at radius 3 is 1.97 bits per heavy atom. The monoisotopic (exact) mass is 402 g/mol. The van der Waals surface area contributed by atoms with E-state index < -0.39 is 0 Å². The van der Waals surface area contributed by atoms with E-state index >= 15 is 0 Å². The lowest BCUT2D eigenvalue weighted by molar-refractivity contribution is -0.892. The summed E-state index contributed by atoms with van der Waals surface area (Å²) in [6.07, 6.45) is 0. The molecule has 0 atom stereocenters. The predicted octanol–water partition coefficient (Wildman–Crippen LogP) is 3.22. The smallest absolute Gasteiger partial charge is 0.286 e. The second kappa shape index (κ2) is 7.93. The molecule has 1 N–H and O–H groups in total. The van der Waals surface area contributed by atoms with Gasteiger partial charge in [-0.1, -0.05) is 54.2 Å². The largest absolute Gasteiger partial charge is 0.360 e. The van der Waals surface area contributed by atoms with Crippen LogP contribution in [0.4, 0.5) is 17.1 Å². The number of carbonyl (C=O) groups excluding carboxylic acids is 1. The first-order chi connectivity index (χ1) is 14.3. The van der Waals surface area contributed by atoms with Crippen LogP contribution in [-0.4, -0.2) is 38.6 Å². The van der Waals surface area contributed by atoms with Crippen LogP contribution in [0.3, 0.4) is 0 Å². The zero-order valence-corrected chi connectivity index (χ0v) is 17.1. The second-order valence-corrected chi connectivity index (χ2v) is 8.60. The number of nitrogens with zero attached hydrogens (tertiary/aromatic N) is 2. The van der Waals surface area contributed by atoms with Gasteiger partial charge in [0.1, 0.15) is 0 Å². The zero-order valence-electron chi connectivity index (χ0n) is 16.3. The molecule has 2 aliphatic rings. The van der Waals surface area contributed by atoms with E-state index in [1.165, 1.54) is 10.6 Å². The topological polar surface area (TPSA) is 28.0 Å². The van der Waals surface area contributed by atoms with E-state index in [0.29, 0.717) is 6.54 Å². The Balaban J connectivity index is 1.32. The number of benzene rings is 3. The highest BCUT2D eigenvalue weighted by molar-refractivity contribution is 7.99. The van der Waals surface area contributed by atoms with E-state index in [0.717, 1.165) is 47.3 Å². The quantitative estimate of drug-likeness (QED) is 0.729. The van der Waals surface area contributed by atoms with Crippen molar-refractivity contribution in [3.63, 3.8) is 0 Å². The number of nitrogens with one attached hydrogen (secondary N) is 1. The summed E-state index contributed by atoms with van der Waals surface area (Å²) < 4.78 is 0. The summed E-state index contributed by atoms with van der Waals surface area (Å²) in [6, 6.07) is 27.0. The molecule has 1 amide bonds. The molecular weight excluding hydrogens is 378 g/mol. The van der Waals surface area contributed by atoms with Gasteiger partial charge in [-0.25, -0.2) is 0 Å². The molecule has 0 aliphatic carbocycles. The first kappa shape index (κ1) is 18.3. The average Bonchev–Trinajstić information content (AvgIpc) is 2.78. The number of anilines is 3. The van der Waals surface area contributed by atoms with Gasteiger partial charge in [0.15, 0.2) is 6.54 Å². The van der Waals surface area contributed by atoms with E-state index in [2.05, 4.69) is 59.5 Å². The molecule has 3 aromatic carbocycles. The van der Waals surface area contributed by atoms with Gasteiger partial charge in [-0.05, 0) is 36.4 Å². The molecule has 5 rings (SSSR count). The molecule has 0 aromatic heterocycles. The summed E-state index contributed by atoms with van der Waals surface area (Å²) in [6.45, 7) is 4.44. The van der Waals surface area contributed by atoms with Gasteiger partial charge in [-0.15, -0.1) is 0 Å². The lowest BCUT2D eigenvalue weighted by Crippen LogP contribution is -3.15. The third kappa shape index (κ3) is 3.63. The van der Waals surface area contributed by atoms with Crippen LogP contribution in [0.1, 0.15) is 0 Å². The second-order valence-electron chi connectivity index (χ2n) is 7.52. The number of fused-ring (bicyclic) bond motifs is 2. The number of hydrogen-bond acceptors (Lipinski definition) is 3. The Labute approximate surface area is 175 Å². The molecule has 5 heteroatoms.